The molecule has 4 unspecified atom stereocenters. The molecule has 6 amide bonds. The number of imide groups is 1. The molecule has 4 aliphatic rings. The molecule has 9 rings (SSSR count). The number of anilines is 2. The average Bonchev–Trinajstić information content (AvgIpc) is 4.15. The zero-order valence-electron chi connectivity index (χ0n) is 42.6. The Morgan fingerprint density at radius 3 is 2.31 bits per heavy atom. The molecule has 3 aromatic carbocycles. The Kier molecular flexibility index (Phi) is 14.2. The first-order valence-electron chi connectivity index (χ1n) is 24.4. The van der Waals surface area contributed by atoms with E-state index in [1.54, 1.807) is 92.0 Å². The molecule has 1 N–H and O–H groups in total. The van der Waals surface area contributed by atoms with Gasteiger partial charge in [0.15, 0.2) is 6.79 Å². The molecule has 2 aromatic heterocycles. The Hall–Kier alpha value is -7.06. The van der Waals surface area contributed by atoms with E-state index in [-0.39, 0.29) is 93.7 Å². The molecule has 2 fully saturated rings. The minimum Gasteiger partial charge on any atom is -0.468 e. The van der Waals surface area contributed by atoms with Crippen molar-refractivity contribution in [1.29, 1.82) is 0 Å². The lowest BCUT2D eigenvalue weighted by atomic mass is 9.73. The van der Waals surface area contributed by atoms with Crippen molar-refractivity contribution >= 4 is 75.2 Å². The van der Waals surface area contributed by atoms with Gasteiger partial charge >= 0.3 is 12.2 Å². The Bertz CT molecular complexity index is 3050. The number of methoxy groups -OCH3 is 1. The van der Waals surface area contributed by atoms with E-state index in [1.807, 2.05) is 51.1 Å². The number of benzene rings is 3. The highest BCUT2D eigenvalue weighted by Gasteiger charge is 2.70. The third-order valence-corrected chi connectivity index (χ3v) is 14.3. The van der Waals surface area contributed by atoms with Crippen molar-refractivity contribution in [3.8, 4) is 11.5 Å². The number of fused-ring (bicyclic) bond motifs is 9. The van der Waals surface area contributed by atoms with Gasteiger partial charge in [-0.25, -0.2) is 14.6 Å². The molecule has 2 saturated heterocycles. The molecular formula is C54H60ClN7O12. The molecule has 6 heterocycles. The number of carbonyl (C=O) groups excluding carboxylic acids is 6. The number of nitrogens with one attached hydrogen (secondary N) is 1. The topological polar surface area (TPSA) is 200 Å². The smallest absolute Gasteiger partial charge is 0.415 e. The van der Waals surface area contributed by atoms with Gasteiger partial charge in [0, 0.05) is 81.5 Å². The van der Waals surface area contributed by atoms with E-state index in [9.17, 15) is 28.8 Å². The van der Waals surface area contributed by atoms with Gasteiger partial charge in [-0.1, -0.05) is 30.4 Å². The first-order chi connectivity index (χ1) is 35.2. The normalized spacial score (nSPS) is 21.6. The number of imidazole rings is 1. The van der Waals surface area contributed by atoms with Gasteiger partial charge in [-0.3, -0.25) is 24.1 Å². The van der Waals surface area contributed by atoms with Crippen molar-refractivity contribution in [3.63, 3.8) is 0 Å². The molecular weight excluding hydrogens is 974 g/mol. The molecule has 390 valence electrons. The van der Waals surface area contributed by atoms with Crippen LogP contribution in [-0.4, -0.2) is 149 Å². The second-order valence-electron chi connectivity index (χ2n) is 20.4. The number of hydrogen-bond donors (Lipinski definition) is 1. The predicted molar refractivity (Wildman–Crippen MR) is 274 cm³/mol. The molecule has 0 saturated carbocycles. The third-order valence-electron chi connectivity index (χ3n) is 13.9. The number of ether oxygens (including phenoxy) is 6. The number of rotatable bonds is 17. The summed E-state index contributed by atoms with van der Waals surface area (Å²) in [4.78, 5) is 92.5. The zero-order valence-corrected chi connectivity index (χ0v) is 43.4. The van der Waals surface area contributed by atoms with Gasteiger partial charge in [0.25, 0.3) is 11.8 Å². The summed E-state index contributed by atoms with van der Waals surface area (Å²) in [6, 6.07) is 17.3. The maximum absolute atomic E-state index is 14.6. The van der Waals surface area contributed by atoms with Crippen LogP contribution in [0.25, 0.3) is 16.4 Å². The summed E-state index contributed by atoms with van der Waals surface area (Å²) in [6.07, 6.45) is 5.65. The van der Waals surface area contributed by atoms with E-state index >= 15 is 0 Å². The fourth-order valence-electron chi connectivity index (χ4n) is 10.3. The Morgan fingerprint density at radius 2 is 1.64 bits per heavy atom. The lowest BCUT2D eigenvalue weighted by Gasteiger charge is -2.28. The van der Waals surface area contributed by atoms with Gasteiger partial charge in [0.1, 0.15) is 28.4 Å². The average molecular weight is 1030 g/mol. The first kappa shape index (κ1) is 51.8. The van der Waals surface area contributed by atoms with E-state index in [0.29, 0.717) is 33.7 Å². The number of likely N-dealkylation sites (N-methyl/N-ethyl adjacent to an activating group) is 1. The van der Waals surface area contributed by atoms with Gasteiger partial charge in [-0.2, -0.15) is 0 Å². The van der Waals surface area contributed by atoms with Crippen molar-refractivity contribution in [3.05, 3.63) is 108 Å². The van der Waals surface area contributed by atoms with E-state index < -0.39 is 46.7 Å². The van der Waals surface area contributed by atoms with Gasteiger partial charge in [0.2, 0.25) is 11.8 Å². The maximum atomic E-state index is 14.6. The Morgan fingerprint density at radius 1 is 0.919 bits per heavy atom. The molecule has 19 nitrogen and oxygen atoms in total. The largest absolute Gasteiger partial charge is 0.468 e. The number of likely N-dealkylation sites (tertiary alicyclic amines) is 1. The van der Waals surface area contributed by atoms with Crippen LogP contribution in [0.15, 0.2) is 85.2 Å². The quantitative estimate of drug-likeness (QED) is 0.0318. The predicted octanol–water partition coefficient (Wildman–Crippen LogP) is 7.42. The van der Waals surface area contributed by atoms with Gasteiger partial charge in [-0.15, -0.1) is 11.6 Å². The summed E-state index contributed by atoms with van der Waals surface area (Å²) in [5.41, 5.74) is 1.24. The summed E-state index contributed by atoms with van der Waals surface area (Å²) < 4.78 is 36.0. The minimum absolute atomic E-state index is 0.00431. The summed E-state index contributed by atoms with van der Waals surface area (Å²) >= 11 is 6.66. The first-order valence-corrected chi connectivity index (χ1v) is 25.0. The van der Waals surface area contributed by atoms with Crippen molar-refractivity contribution < 1.29 is 57.2 Å². The summed E-state index contributed by atoms with van der Waals surface area (Å²) in [6.45, 7) is 11.3. The number of aryl methyl sites for hydroxylation is 1. The Labute approximate surface area is 433 Å². The molecule has 0 radical (unpaired) electrons. The number of amides is 6. The standard InChI is InChI=1S/C54H60ClN7O12/c1-32-10-9-11-37-40(72-51(68)59(21-20-58(7)50(67)73-52(2,3)4)22-24-70-25-23-61-48(65)44-45(49(61)66)54(6)19-18-53(44,5)74-54)26-39-43(42(32)37)34(27-55)28-62(39)47(64)38-30-60-29-35(14-17-41(60)57-38)56-46(63)33-12-15-36(16-13-33)71-31-69-8/h9-19,26,29-30,34,44-45H,20-25,27-28,31H2,1-8H3,(H,56,63)/t34-,44?,45?,53?,54?/m1/s1. The van der Waals surface area contributed by atoms with Crippen molar-refractivity contribution in [2.24, 2.45) is 11.8 Å². The van der Waals surface area contributed by atoms with Crippen LogP contribution in [0.3, 0.4) is 0 Å². The molecule has 4 aliphatic heterocycles. The second kappa shape index (κ2) is 20.3. The minimum atomic E-state index is -0.850. The highest BCUT2D eigenvalue weighted by Crippen LogP contribution is 2.57. The van der Waals surface area contributed by atoms with Crippen molar-refractivity contribution in [2.75, 3.05) is 83.0 Å². The van der Waals surface area contributed by atoms with Crippen LogP contribution in [-0.2, 0) is 28.5 Å². The zero-order chi connectivity index (χ0) is 52.9. The van der Waals surface area contributed by atoms with Crippen LogP contribution in [0.1, 0.15) is 72.5 Å². The fraction of sp³-hybridized carbons (Fsp3) is 0.426. The SMILES string of the molecule is COCOc1ccc(C(=O)Nc2ccc3nc(C(=O)N4C[C@@H](CCl)c5c4cc(OC(=O)N(CCOCCN4C(=O)C6C(C4=O)C4(C)C=CC6(C)O4)CCN(C)C(=O)OC(C)(C)C)c4cccc(C)c54)cn3c2)cc1. The van der Waals surface area contributed by atoms with Crippen LogP contribution < -0.4 is 19.7 Å². The monoisotopic (exact) mass is 1030 g/mol. The number of hydrogen-bond acceptors (Lipinski definition) is 13. The highest BCUT2D eigenvalue weighted by molar-refractivity contribution is 6.19. The molecule has 20 heteroatoms. The van der Waals surface area contributed by atoms with Crippen LogP contribution in [0.2, 0.25) is 0 Å². The van der Waals surface area contributed by atoms with E-state index in [1.165, 1.54) is 21.8 Å². The van der Waals surface area contributed by atoms with Crippen LogP contribution in [0.4, 0.5) is 21.0 Å². The maximum Gasteiger partial charge on any atom is 0.415 e. The molecule has 5 aromatic rings. The lowest BCUT2D eigenvalue weighted by Crippen LogP contribution is -2.44. The van der Waals surface area contributed by atoms with Gasteiger partial charge in [-0.05, 0) is 94.5 Å². The van der Waals surface area contributed by atoms with Crippen molar-refractivity contribution in [2.45, 2.75) is 64.3 Å². The molecule has 0 aliphatic carbocycles. The number of pyridine rings is 1. The van der Waals surface area contributed by atoms with Crippen molar-refractivity contribution in [1.82, 2.24) is 24.1 Å². The summed E-state index contributed by atoms with van der Waals surface area (Å²) in [5.74, 6) is -1.92. The van der Waals surface area contributed by atoms with Crippen LogP contribution in [0.5, 0.6) is 11.5 Å². The van der Waals surface area contributed by atoms with Crippen LogP contribution in [0, 0.1) is 18.8 Å². The molecule has 0 spiro atoms. The van der Waals surface area contributed by atoms with E-state index in [2.05, 4.69) is 10.3 Å². The van der Waals surface area contributed by atoms with E-state index in [0.717, 1.165) is 16.5 Å². The second-order valence-corrected chi connectivity index (χ2v) is 20.7. The molecule has 2 bridgehead atoms. The number of alkyl halides is 1. The lowest BCUT2D eigenvalue weighted by molar-refractivity contribution is -0.147. The van der Waals surface area contributed by atoms with Gasteiger partial charge in [0.05, 0.1) is 54.2 Å². The molecule has 5 atom stereocenters. The number of aromatic nitrogens is 2. The fourth-order valence-corrected chi connectivity index (χ4v) is 10.6. The number of carbonyl (C=O) groups is 6. The van der Waals surface area contributed by atoms with Crippen LogP contribution >= 0.6 is 11.6 Å². The molecule has 74 heavy (non-hydrogen) atoms. The third kappa shape index (κ3) is 10.0. The highest BCUT2D eigenvalue weighted by atomic mass is 35.5. The number of nitrogens with zero attached hydrogens (tertiary/aromatic N) is 6. The summed E-state index contributed by atoms with van der Waals surface area (Å²) in [7, 11) is 3.09. The number of halogens is 1. The van der Waals surface area contributed by atoms with E-state index in [4.69, 9.17) is 40.0 Å². The Balaban J connectivity index is 0.928. The summed E-state index contributed by atoms with van der Waals surface area (Å²) in [5, 5.41) is 4.30. The van der Waals surface area contributed by atoms with Gasteiger partial charge < -0.3 is 52.8 Å².